The molecule has 1 N–H and O–H groups in total. The fourth-order valence-electron chi connectivity index (χ4n) is 1.81. The second kappa shape index (κ2) is 4.09. The molecular formula is C11H15F2N3O. The van der Waals surface area contributed by atoms with Crippen molar-refractivity contribution in [2.24, 2.45) is 11.3 Å². The molecule has 1 aromatic heterocycles. The van der Waals surface area contributed by atoms with Gasteiger partial charge in [-0.15, -0.1) is 0 Å². The van der Waals surface area contributed by atoms with E-state index < -0.39 is 13.0 Å². The highest BCUT2D eigenvalue weighted by molar-refractivity contribution is 5.94. The van der Waals surface area contributed by atoms with Crippen LogP contribution in [0.4, 0.5) is 14.5 Å². The number of halogens is 2. The van der Waals surface area contributed by atoms with Crippen LogP contribution in [0.15, 0.2) is 12.4 Å². The number of carbonyl (C=O) groups is 1. The first-order valence-electron chi connectivity index (χ1n) is 5.50. The molecule has 0 saturated heterocycles. The first kappa shape index (κ1) is 12.0. The van der Waals surface area contributed by atoms with Gasteiger partial charge in [0.25, 0.3) is 6.43 Å². The van der Waals surface area contributed by atoms with Crippen molar-refractivity contribution in [1.29, 1.82) is 0 Å². The predicted octanol–water partition coefficient (Wildman–Crippen LogP) is 2.13. The lowest BCUT2D eigenvalue weighted by Gasteiger charge is -2.03. The molecule has 17 heavy (non-hydrogen) atoms. The Hall–Kier alpha value is -1.46. The molecular weight excluding hydrogens is 228 g/mol. The fraction of sp³-hybridized carbons (Fsp3) is 0.636. The monoisotopic (exact) mass is 243 g/mol. The lowest BCUT2D eigenvalue weighted by molar-refractivity contribution is -0.118. The minimum atomic E-state index is -2.44. The molecule has 4 nitrogen and oxygen atoms in total. The van der Waals surface area contributed by atoms with E-state index in [2.05, 4.69) is 10.4 Å². The zero-order valence-electron chi connectivity index (χ0n) is 9.78. The normalized spacial score (nSPS) is 21.6. The Morgan fingerprint density at radius 1 is 1.71 bits per heavy atom. The Balaban J connectivity index is 1.91. The first-order valence-corrected chi connectivity index (χ1v) is 5.50. The average Bonchev–Trinajstić information content (AvgIpc) is 2.63. The van der Waals surface area contributed by atoms with Gasteiger partial charge in [0.2, 0.25) is 5.91 Å². The largest absolute Gasteiger partial charge is 0.323 e. The van der Waals surface area contributed by atoms with Crippen molar-refractivity contribution >= 4 is 11.6 Å². The Labute approximate surface area is 98.0 Å². The van der Waals surface area contributed by atoms with Gasteiger partial charge in [0.1, 0.15) is 6.54 Å². The van der Waals surface area contributed by atoms with Crippen LogP contribution in [0, 0.1) is 11.3 Å². The molecule has 6 heteroatoms. The van der Waals surface area contributed by atoms with Gasteiger partial charge in [0.15, 0.2) is 0 Å². The van der Waals surface area contributed by atoms with Crippen molar-refractivity contribution < 1.29 is 13.6 Å². The van der Waals surface area contributed by atoms with Gasteiger partial charge in [-0.05, 0) is 11.8 Å². The molecule has 1 aromatic rings. The lowest BCUT2D eigenvalue weighted by Crippen LogP contribution is -2.16. The first-order chi connectivity index (χ1) is 7.88. The summed E-state index contributed by atoms with van der Waals surface area (Å²) in [6, 6.07) is 0. The highest BCUT2D eigenvalue weighted by Gasteiger charge is 2.50. The van der Waals surface area contributed by atoms with Crippen LogP contribution in [0.1, 0.15) is 20.3 Å². The quantitative estimate of drug-likeness (QED) is 0.880. The van der Waals surface area contributed by atoms with Crippen molar-refractivity contribution in [3.8, 4) is 0 Å². The van der Waals surface area contributed by atoms with E-state index in [1.807, 2.05) is 13.8 Å². The molecule has 1 aliphatic rings. The number of nitrogens with zero attached hydrogens (tertiary/aromatic N) is 2. The summed E-state index contributed by atoms with van der Waals surface area (Å²) in [5.74, 6) is -0.0486. The van der Waals surface area contributed by atoms with Gasteiger partial charge >= 0.3 is 0 Å². The van der Waals surface area contributed by atoms with E-state index in [0.717, 1.165) is 11.1 Å². The fourth-order valence-corrected chi connectivity index (χ4v) is 1.81. The molecule has 1 atom stereocenters. The number of nitrogens with one attached hydrogen (secondary N) is 1. The molecule has 94 valence electrons. The van der Waals surface area contributed by atoms with Crippen molar-refractivity contribution in [3.05, 3.63) is 12.4 Å². The second-order valence-corrected chi connectivity index (χ2v) is 5.08. The SMILES string of the molecule is CC1(C)CC1C(=O)Nc1cnn(CC(F)F)c1. The number of hydrogen-bond donors (Lipinski definition) is 1. The molecule has 0 aromatic carbocycles. The van der Waals surface area contributed by atoms with Gasteiger partial charge in [-0.2, -0.15) is 5.10 Å². The minimum Gasteiger partial charge on any atom is -0.323 e. The van der Waals surface area contributed by atoms with Crippen molar-refractivity contribution in [2.45, 2.75) is 33.2 Å². The van der Waals surface area contributed by atoms with Crippen LogP contribution in [0.3, 0.4) is 0 Å². The lowest BCUT2D eigenvalue weighted by atomic mass is 10.1. The molecule has 1 heterocycles. The topological polar surface area (TPSA) is 46.9 Å². The van der Waals surface area contributed by atoms with Crippen molar-refractivity contribution in [3.63, 3.8) is 0 Å². The predicted molar refractivity (Wildman–Crippen MR) is 58.7 cm³/mol. The number of alkyl halides is 2. The third kappa shape index (κ3) is 2.81. The van der Waals surface area contributed by atoms with Crippen LogP contribution in [0.2, 0.25) is 0 Å². The molecule has 0 radical (unpaired) electrons. The number of anilines is 1. The van der Waals surface area contributed by atoms with E-state index in [9.17, 15) is 13.6 Å². The van der Waals surface area contributed by atoms with Gasteiger partial charge < -0.3 is 5.32 Å². The van der Waals surface area contributed by atoms with Crippen LogP contribution < -0.4 is 5.32 Å². The summed E-state index contributed by atoms with van der Waals surface area (Å²) in [5, 5.41) is 6.43. The van der Waals surface area contributed by atoms with Crippen LogP contribution in [-0.4, -0.2) is 22.1 Å². The molecule has 1 unspecified atom stereocenters. The van der Waals surface area contributed by atoms with E-state index in [-0.39, 0.29) is 17.2 Å². The minimum absolute atomic E-state index is 0.0148. The Morgan fingerprint density at radius 2 is 2.35 bits per heavy atom. The van der Waals surface area contributed by atoms with Crippen molar-refractivity contribution in [1.82, 2.24) is 9.78 Å². The van der Waals surface area contributed by atoms with Crippen LogP contribution in [0.25, 0.3) is 0 Å². The maximum Gasteiger partial charge on any atom is 0.257 e. The summed E-state index contributed by atoms with van der Waals surface area (Å²) >= 11 is 0. The number of amides is 1. The van der Waals surface area contributed by atoms with E-state index in [4.69, 9.17) is 0 Å². The number of aromatic nitrogens is 2. The summed E-state index contributed by atoms with van der Waals surface area (Å²) in [6.45, 7) is 3.60. The average molecular weight is 243 g/mol. The third-order valence-corrected chi connectivity index (χ3v) is 3.06. The number of hydrogen-bond acceptors (Lipinski definition) is 2. The maximum atomic E-state index is 12.1. The molecule has 1 saturated carbocycles. The molecule has 1 aliphatic carbocycles. The van der Waals surface area contributed by atoms with Crippen molar-refractivity contribution in [2.75, 3.05) is 5.32 Å². The third-order valence-electron chi connectivity index (χ3n) is 3.06. The molecule has 1 fully saturated rings. The second-order valence-electron chi connectivity index (χ2n) is 5.08. The van der Waals surface area contributed by atoms with Crippen LogP contribution in [-0.2, 0) is 11.3 Å². The summed E-state index contributed by atoms with van der Waals surface area (Å²) < 4.78 is 25.3. The van der Waals surface area contributed by atoms with Gasteiger partial charge in [0, 0.05) is 12.1 Å². The van der Waals surface area contributed by atoms with E-state index in [1.54, 1.807) is 0 Å². The van der Waals surface area contributed by atoms with Gasteiger partial charge in [-0.25, -0.2) is 8.78 Å². The molecule has 0 spiro atoms. The van der Waals surface area contributed by atoms with Gasteiger partial charge in [-0.1, -0.05) is 13.8 Å². The maximum absolute atomic E-state index is 12.1. The molecule has 0 bridgehead atoms. The van der Waals surface area contributed by atoms with Gasteiger partial charge in [-0.3, -0.25) is 9.48 Å². The summed E-state index contributed by atoms with van der Waals surface area (Å²) in [5.41, 5.74) is 0.529. The Bertz CT molecular complexity index is 428. The summed E-state index contributed by atoms with van der Waals surface area (Å²) in [4.78, 5) is 11.7. The summed E-state index contributed by atoms with van der Waals surface area (Å²) in [6.07, 6.45) is 1.22. The number of carbonyl (C=O) groups excluding carboxylic acids is 1. The van der Waals surface area contributed by atoms with E-state index in [0.29, 0.717) is 5.69 Å². The smallest absolute Gasteiger partial charge is 0.257 e. The standard InChI is InChI=1S/C11H15F2N3O/c1-11(2)3-8(11)10(17)15-7-4-14-16(5-7)6-9(12)13/h4-5,8-9H,3,6H2,1-2H3,(H,15,17). The molecule has 0 aliphatic heterocycles. The highest BCUT2D eigenvalue weighted by atomic mass is 19.3. The molecule has 1 amide bonds. The Morgan fingerprint density at radius 3 is 2.88 bits per heavy atom. The highest BCUT2D eigenvalue weighted by Crippen LogP contribution is 2.51. The summed E-state index contributed by atoms with van der Waals surface area (Å²) in [7, 11) is 0. The zero-order chi connectivity index (χ0) is 12.6. The van der Waals surface area contributed by atoms with Crippen LogP contribution >= 0.6 is 0 Å². The Kier molecular flexibility index (Phi) is 2.89. The van der Waals surface area contributed by atoms with Gasteiger partial charge in [0.05, 0.1) is 11.9 Å². The van der Waals surface area contributed by atoms with E-state index in [1.165, 1.54) is 12.4 Å². The van der Waals surface area contributed by atoms with Crippen LogP contribution in [0.5, 0.6) is 0 Å². The van der Waals surface area contributed by atoms with E-state index >= 15 is 0 Å². The zero-order valence-corrected chi connectivity index (χ0v) is 9.78. The molecule has 2 rings (SSSR count). The number of rotatable bonds is 4.